The Labute approximate surface area is 149 Å². The van der Waals surface area contributed by atoms with Crippen LogP contribution in [0.25, 0.3) is 22.3 Å². The van der Waals surface area contributed by atoms with Gasteiger partial charge in [0.15, 0.2) is 5.82 Å². The topological polar surface area (TPSA) is 69.4 Å². The first-order valence-corrected chi connectivity index (χ1v) is 8.82. The van der Waals surface area contributed by atoms with Crippen LogP contribution >= 0.6 is 11.8 Å². The standard InChI is InChI=1S/C18H16N6S/c1-12(2)24-18(21-22-23-24)25-17-14-10-6-7-11-15(14)19-16(20-17)13-8-4-3-5-9-13/h3-12H,1-2H3. The summed E-state index contributed by atoms with van der Waals surface area (Å²) in [6, 6.07) is 18.2. The molecule has 0 radical (unpaired) electrons. The summed E-state index contributed by atoms with van der Waals surface area (Å²) in [6.45, 7) is 4.10. The minimum absolute atomic E-state index is 0.180. The minimum Gasteiger partial charge on any atom is -0.228 e. The van der Waals surface area contributed by atoms with E-state index >= 15 is 0 Å². The first-order chi connectivity index (χ1) is 12.2. The van der Waals surface area contributed by atoms with Gasteiger partial charge >= 0.3 is 0 Å². The highest BCUT2D eigenvalue weighted by Crippen LogP contribution is 2.32. The van der Waals surface area contributed by atoms with Crippen LogP contribution in [-0.4, -0.2) is 30.2 Å². The molecule has 2 aromatic carbocycles. The van der Waals surface area contributed by atoms with Crippen LogP contribution in [0, 0.1) is 0 Å². The van der Waals surface area contributed by atoms with E-state index in [1.807, 2.05) is 68.4 Å². The van der Waals surface area contributed by atoms with Gasteiger partial charge < -0.3 is 0 Å². The summed E-state index contributed by atoms with van der Waals surface area (Å²) >= 11 is 1.46. The Morgan fingerprint density at radius 3 is 2.48 bits per heavy atom. The van der Waals surface area contributed by atoms with Crippen molar-refractivity contribution < 1.29 is 0 Å². The van der Waals surface area contributed by atoms with Gasteiger partial charge in [0.05, 0.1) is 11.6 Å². The smallest absolute Gasteiger partial charge is 0.215 e. The second kappa shape index (κ2) is 6.60. The molecule has 4 rings (SSSR count). The summed E-state index contributed by atoms with van der Waals surface area (Å²) in [4.78, 5) is 9.50. The van der Waals surface area contributed by atoms with E-state index in [1.165, 1.54) is 11.8 Å². The van der Waals surface area contributed by atoms with E-state index in [0.29, 0.717) is 5.82 Å². The molecular formula is C18H16N6S. The normalized spacial score (nSPS) is 11.3. The average molecular weight is 348 g/mol. The SMILES string of the molecule is CC(C)n1nnnc1Sc1nc(-c2ccccc2)nc2ccccc12. The largest absolute Gasteiger partial charge is 0.228 e. The molecule has 0 aliphatic heterocycles. The van der Waals surface area contributed by atoms with E-state index in [2.05, 4.69) is 15.5 Å². The van der Waals surface area contributed by atoms with Crippen molar-refractivity contribution in [2.24, 2.45) is 0 Å². The van der Waals surface area contributed by atoms with Crippen LogP contribution in [0.3, 0.4) is 0 Å². The third kappa shape index (κ3) is 3.10. The van der Waals surface area contributed by atoms with Gasteiger partial charge in [-0.15, -0.1) is 5.10 Å². The molecule has 4 aromatic rings. The Morgan fingerprint density at radius 2 is 1.68 bits per heavy atom. The number of aromatic nitrogens is 6. The van der Waals surface area contributed by atoms with Crippen molar-refractivity contribution >= 4 is 22.7 Å². The fourth-order valence-corrected chi connectivity index (χ4v) is 3.51. The highest BCUT2D eigenvalue weighted by molar-refractivity contribution is 7.99. The van der Waals surface area contributed by atoms with Gasteiger partial charge in [-0.2, -0.15) is 0 Å². The lowest BCUT2D eigenvalue weighted by Gasteiger charge is -2.10. The van der Waals surface area contributed by atoms with Crippen LogP contribution in [0.1, 0.15) is 19.9 Å². The summed E-state index contributed by atoms with van der Waals surface area (Å²) in [6.07, 6.45) is 0. The molecule has 2 heterocycles. The lowest BCUT2D eigenvalue weighted by Crippen LogP contribution is -2.05. The molecule has 0 saturated heterocycles. The van der Waals surface area contributed by atoms with Crippen molar-refractivity contribution in [1.82, 2.24) is 30.2 Å². The highest BCUT2D eigenvalue weighted by atomic mass is 32.2. The summed E-state index contributed by atoms with van der Waals surface area (Å²) in [5, 5.41) is 14.6. The van der Waals surface area contributed by atoms with Crippen molar-refractivity contribution in [3.63, 3.8) is 0 Å². The summed E-state index contributed by atoms with van der Waals surface area (Å²) in [5.41, 5.74) is 1.89. The van der Waals surface area contributed by atoms with Gasteiger partial charge in [-0.05, 0) is 42.1 Å². The number of tetrazole rings is 1. The molecule has 25 heavy (non-hydrogen) atoms. The van der Waals surface area contributed by atoms with Gasteiger partial charge in [-0.3, -0.25) is 0 Å². The van der Waals surface area contributed by atoms with Crippen molar-refractivity contribution in [3.05, 3.63) is 54.6 Å². The molecule has 0 amide bonds. The minimum atomic E-state index is 0.180. The van der Waals surface area contributed by atoms with Gasteiger partial charge in [0.25, 0.3) is 0 Å². The van der Waals surface area contributed by atoms with Crippen LogP contribution in [0.5, 0.6) is 0 Å². The Morgan fingerprint density at radius 1 is 0.920 bits per heavy atom. The second-order valence-corrected chi connectivity index (χ2v) is 6.79. The lowest BCUT2D eigenvalue weighted by atomic mass is 10.2. The second-order valence-electron chi connectivity index (χ2n) is 5.84. The van der Waals surface area contributed by atoms with E-state index < -0.39 is 0 Å². The lowest BCUT2D eigenvalue weighted by molar-refractivity contribution is 0.477. The van der Waals surface area contributed by atoms with Gasteiger partial charge in [0.2, 0.25) is 5.16 Å². The maximum absolute atomic E-state index is 4.79. The highest BCUT2D eigenvalue weighted by Gasteiger charge is 2.15. The van der Waals surface area contributed by atoms with Crippen molar-refractivity contribution in [2.45, 2.75) is 30.1 Å². The van der Waals surface area contributed by atoms with Crippen LogP contribution in [-0.2, 0) is 0 Å². The Kier molecular flexibility index (Phi) is 4.15. The maximum Gasteiger partial charge on any atom is 0.215 e. The first kappa shape index (κ1) is 15.7. The van der Waals surface area contributed by atoms with E-state index in [4.69, 9.17) is 9.97 Å². The van der Waals surface area contributed by atoms with Crippen LogP contribution in [0.2, 0.25) is 0 Å². The molecule has 0 fully saturated rings. The molecule has 0 saturated carbocycles. The fourth-order valence-electron chi connectivity index (χ4n) is 2.50. The number of hydrogen-bond donors (Lipinski definition) is 0. The average Bonchev–Trinajstić information content (AvgIpc) is 3.11. The number of fused-ring (bicyclic) bond motifs is 1. The number of nitrogens with zero attached hydrogens (tertiary/aromatic N) is 6. The first-order valence-electron chi connectivity index (χ1n) is 8.00. The zero-order valence-corrected chi connectivity index (χ0v) is 14.7. The van der Waals surface area contributed by atoms with Gasteiger partial charge in [0, 0.05) is 10.9 Å². The van der Waals surface area contributed by atoms with Gasteiger partial charge in [-0.25, -0.2) is 14.6 Å². The molecule has 7 heteroatoms. The molecule has 0 N–H and O–H groups in total. The Balaban J connectivity index is 1.85. The van der Waals surface area contributed by atoms with E-state index in [0.717, 1.165) is 26.6 Å². The predicted molar refractivity (Wildman–Crippen MR) is 97.3 cm³/mol. The molecule has 0 atom stereocenters. The van der Waals surface area contributed by atoms with Crippen molar-refractivity contribution in [1.29, 1.82) is 0 Å². The van der Waals surface area contributed by atoms with Crippen LogP contribution in [0.4, 0.5) is 0 Å². The third-order valence-electron chi connectivity index (χ3n) is 3.74. The third-order valence-corrected chi connectivity index (χ3v) is 4.70. The fraction of sp³-hybridized carbons (Fsp3) is 0.167. The molecule has 0 bridgehead atoms. The molecule has 0 unspecified atom stereocenters. The summed E-state index contributed by atoms with van der Waals surface area (Å²) in [7, 11) is 0. The molecule has 124 valence electrons. The van der Waals surface area contributed by atoms with Crippen molar-refractivity contribution in [3.8, 4) is 11.4 Å². The summed E-state index contributed by atoms with van der Waals surface area (Å²) in [5.74, 6) is 0.699. The number of para-hydroxylation sites is 1. The molecule has 2 aromatic heterocycles. The number of rotatable bonds is 4. The Bertz CT molecular complexity index is 1010. The number of hydrogen-bond acceptors (Lipinski definition) is 6. The maximum atomic E-state index is 4.79. The van der Waals surface area contributed by atoms with Crippen molar-refractivity contribution in [2.75, 3.05) is 0 Å². The summed E-state index contributed by atoms with van der Waals surface area (Å²) < 4.78 is 1.80. The Hall–Kier alpha value is -2.80. The molecule has 6 nitrogen and oxygen atoms in total. The van der Waals surface area contributed by atoms with Gasteiger partial charge in [0.1, 0.15) is 5.03 Å². The zero-order valence-electron chi connectivity index (χ0n) is 13.9. The van der Waals surface area contributed by atoms with E-state index in [9.17, 15) is 0 Å². The molecular weight excluding hydrogens is 332 g/mol. The molecule has 0 aliphatic carbocycles. The van der Waals surface area contributed by atoms with E-state index in [-0.39, 0.29) is 6.04 Å². The van der Waals surface area contributed by atoms with Crippen LogP contribution in [0.15, 0.2) is 64.8 Å². The monoisotopic (exact) mass is 348 g/mol. The molecule has 0 spiro atoms. The molecule has 0 aliphatic rings. The van der Waals surface area contributed by atoms with Crippen LogP contribution < -0.4 is 0 Å². The zero-order chi connectivity index (χ0) is 17.2. The predicted octanol–water partition coefficient (Wildman–Crippen LogP) is 4.02. The van der Waals surface area contributed by atoms with E-state index in [1.54, 1.807) is 4.68 Å². The van der Waals surface area contributed by atoms with Gasteiger partial charge in [-0.1, -0.05) is 48.5 Å². The number of benzene rings is 2. The quantitative estimate of drug-likeness (QED) is 0.519.